The second-order valence-electron chi connectivity index (χ2n) is 34.0. The standard InChI is InChI=1S/C70H114O37/c1-23-36(79)41(84)44(87)58(96-23)102-51-31(77)21-94-57(47(51)90)101-50-25(3)98-61(49(92)53(50)104-59-45(88)42(85)37(80)24(2)97-59)105-54-38(81)30(76)20-95-63(54)107-64(93)70-13-12-65(4,5)14-27(70)26-10-11-34-66(6)15-29(75)56(67(7,22-73)55(66)28(74)16-69(34,9)68(26,8)17-35(70)78)106-62-48(91)52(40(83)33(19-72)100-62)103-60-46(89)43(86)39(82)32(18-71)99-60/h10,23-25,27-63,71-92H,11-22H2,1-9H3/t23-,24-,25-,27?,28+,29-,30-,31+,32+,33+,34+,35+,36-,37-,38-,39+,40+,41+,42+,43-,44+,45+,46+,47+,48+,49+,50-,51-,52-,53-,54+,55?,56-,57-,58-,59-,60-,61-,62-,63-,66+,67-,68+,69+,70+/m0/s1. The van der Waals surface area contributed by atoms with E-state index < -0.39 is 316 Å². The Morgan fingerprint density at radius 3 is 1.52 bits per heavy atom. The summed E-state index contributed by atoms with van der Waals surface area (Å²) in [7, 11) is 0. The van der Waals surface area contributed by atoms with Crippen molar-refractivity contribution in [2.45, 2.75) is 334 Å². The molecule has 12 aliphatic rings. The molecule has 45 atom stereocenters. The van der Waals surface area contributed by atoms with E-state index >= 15 is 4.79 Å². The Bertz CT molecular complexity index is 3070. The monoisotopic (exact) mass is 1550 g/mol. The third-order valence-electron chi connectivity index (χ3n) is 26.9. The number of aliphatic hydroxyl groups excluding tert-OH is 22. The number of rotatable bonds is 17. The van der Waals surface area contributed by atoms with Gasteiger partial charge >= 0.3 is 5.97 Å². The molecule has 7 heterocycles. The molecule has 37 heteroatoms. The fourth-order valence-corrected chi connectivity index (χ4v) is 20.7. The van der Waals surface area contributed by atoms with Crippen molar-refractivity contribution in [3.8, 4) is 0 Å². The summed E-state index contributed by atoms with van der Waals surface area (Å²) in [6.07, 6.45) is -60.9. The summed E-state index contributed by atoms with van der Waals surface area (Å²) in [5.41, 5.74) is -6.07. The van der Waals surface area contributed by atoms with Gasteiger partial charge in [-0.15, -0.1) is 0 Å². The number of allylic oxidation sites excluding steroid dienone is 2. The van der Waals surface area contributed by atoms with Gasteiger partial charge in [-0.2, -0.15) is 0 Å². The summed E-state index contributed by atoms with van der Waals surface area (Å²) in [6, 6.07) is 0. The van der Waals surface area contributed by atoms with Gasteiger partial charge in [0.25, 0.3) is 0 Å². The van der Waals surface area contributed by atoms with E-state index in [2.05, 4.69) is 6.08 Å². The van der Waals surface area contributed by atoms with Crippen LogP contribution in [0.4, 0.5) is 0 Å². The quantitative estimate of drug-likeness (QED) is 0.0365. The van der Waals surface area contributed by atoms with Gasteiger partial charge in [0.1, 0.15) is 140 Å². The molecule has 22 N–H and O–H groups in total. The molecule has 0 aromatic rings. The molecular weight excluding hydrogens is 1430 g/mol. The highest BCUT2D eigenvalue weighted by molar-refractivity contribution is 5.80. The van der Waals surface area contributed by atoms with Crippen molar-refractivity contribution >= 4 is 5.97 Å². The summed E-state index contributed by atoms with van der Waals surface area (Å²) >= 11 is 0. The van der Waals surface area contributed by atoms with Crippen LogP contribution in [-0.4, -0.2) is 378 Å². The second kappa shape index (κ2) is 31.4. The van der Waals surface area contributed by atoms with Crippen LogP contribution in [0.2, 0.25) is 0 Å². The van der Waals surface area contributed by atoms with Gasteiger partial charge in [-0.3, -0.25) is 4.79 Å². The number of esters is 1. The number of carbonyl (C=O) groups excluding carboxylic acids is 1. The Kier molecular flexibility index (Phi) is 24.7. The van der Waals surface area contributed by atoms with E-state index in [1.807, 2.05) is 34.6 Å². The summed E-state index contributed by atoms with van der Waals surface area (Å²) in [6.45, 7) is 12.1. The Hall–Kier alpha value is -2.19. The largest absolute Gasteiger partial charge is 0.432 e. The predicted molar refractivity (Wildman–Crippen MR) is 350 cm³/mol. The van der Waals surface area contributed by atoms with Crippen LogP contribution >= 0.6 is 0 Å². The summed E-state index contributed by atoms with van der Waals surface area (Å²) in [5.74, 6) is -3.09. The summed E-state index contributed by atoms with van der Waals surface area (Å²) in [4.78, 5) is 15.8. The molecule has 0 spiro atoms. The van der Waals surface area contributed by atoms with Crippen LogP contribution in [-0.2, 0) is 71.1 Å². The molecule has 4 saturated carbocycles. The fourth-order valence-electron chi connectivity index (χ4n) is 20.7. The molecule has 0 bridgehead atoms. The molecule has 2 unspecified atom stereocenters. The van der Waals surface area contributed by atoms with Crippen molar-refractivity contribution < 1.29 is 183 Å². The third-order valence-corrected chi connectivity index (χ3v) is 26.9. The molecule has 107 heavy (non-hydrogen) atoms. The highest BCUT2D eigenvalue weighted by atomic mass is 16.8. The molecule has 616 valence electrons. The molecule has 7 aliphatic heterocycles. The van der Waals surface area contributed by atoms with Gasteiger partial charge in [0, 0.05) is 11.3 Å². The van der Waals surface area contributed by atoms with E-state index in [4.69, 9.17) is 66.3 Å². The maximum atomic E-state index is 15.8. The van der Waals surface area contributed by atoms with Gasteiger partial charge in [0.15, 0.2) is 43.8 Å². The second-order valence-corrected chi connectivity index (χ2v) is 34.0. The Labute approximate surface area is 616 Å². The number of hydrogen-bond donors (Lipinski definition) is 22. The van der Waals surface area contributed by atoms with Crippen molar-refractivity contribution in [3.63, 3.8) is 0 Å². The first-order chi connectivity index (χ1) is 50.1. The number of hydrogen-bond acceptors (Lipinski definition) is 37. The zero-order valence-electron chi connectivity index (χ0n) is 61.1. The average molecular weight is 1550 g/mol. The number of aliphatic hydroxyl groups is 22. The zero-order chi connectivity index (χ0) is 78.3. The van der Waals surface area contributed by atoms with E-state index in [9.17, 15) is 112 Å². The topological polar surface area (TPSA) is 591 Å². The smallest absolute Gasteiger partial charge is 0.317 e. The number of carbonyl (C=O) groups is 1. The molecule has 7 saturated heterocycles. The lowest BCUT2D eigenvalue weighted by atomic mass is 9.32. The van der Waals surface area contributed by atoms with E-state index in [1.165, 1.54) is 20.8 Å². The van der Waals surface area contributed by atoms with E-state index in [0.29, 0.717) is 19.3 Å². The highest BCUT2D eigenvalue weighted by Gasteiger charge is 2.75. The lowest BCUT2D eigenvalue weighted by Gasteiger charge is -2.73. The normalized spacial score (nSPS) is 56.5. The van der Waals surface area contributed by atoms with Crippen LogP contribution in [0.1, 0.15) is 107 Å². The molecule has 0 aromatic carbocycles. The lowest BCUT2D eigenvalue weighted by Crippen LogP contribution is -2.73. The van der Waals surface area contributed by atoms with Crippen molar-refractivity contribution in [1.82, 2.24) is 0 Å². The number of fused-ring (bicyclic) bond motifs is 7. The van der Waals surface area contributed by atoms with Crippen LogP contribution < -0.4 is 0 Å². The highest BCUT2D eigenvalue weighted by Crippen LogP contribution is 2.76. The maximum absolute atomic E-state index is 15.8. The Morgan fingerprint density at radius 2 is 0.925 bits per heavy atom. The molecule has 37 nitrogen and oxygen atoms in total. The van der Waals surface area contributed by atoms with Crippen LogP contribution in [0.5, 0.6) is 0 Å². The average Bonchev–Trinajstić information content (AvgIpc) is 0.665. The first kappa shape index (κ1) is 84.2. The molecule has 0 aromatic heterocycles. The van der Waals surface area contributed by atoms with Crippen LogP contribution in [0.15, 0.2) is 11.6 Å². The molecule has 5 aliphatic carbocycles. The first-order valence-corrected chi connectivity index (χ1v) is 37.2. The maximum Gasteiger partial charge on any atom is 0.317 e. The molecule has 11 fully saturated rings. The predicted octanol–water partition coefficient (Wildman–Crippen LogP) is -8.32. The van der Waals surface area contributed by atoms with E-state index in [-0.39, 0.29) is 25.7 Å². The molecule has 12 rings (SSSR count). The zero-order valence-corrected chi connectivity index (χ0v) is 61.1. The van der Waals surface area contributed by atoms with Gasteiger partial charge in [-0.05, 0) is 99.2 Å². The minimum atomic E-state index is -2.15. The van der Waals surface area contributed by atoms with Crippen LogP contribution in [0, 0.1) is 50.2 Å². The van der Waals surface area contributed by atoms with Crippen molar-refractivity contribution in [2.24, 2.45) is 50.2 Å². The van der Waals surface area contributed by atoms with Crippen LogP contribution in [0.3, 0.4) is 0 Å². The molecule has 0 radical (unpaired) electrons. The molecule has 0 amide bonds. The lowest BCUT2D eigenvalue weighted by molar-refractivity contribution is -0.395. The minimum absolute atomic E-state index is 0.0393. The van der Waals surface area contributed by atoms with Gasteiger partial charge in [-0.25, -0.2) is 0 Å². The SMILES string of the molecule is C[C@@H]1O[C@@H](O[C@@H]2[C@@H](O)[C@H](O[C@@H]3[C@@H](O[C@@H]4O[C@@H](C)[C@H](O)[C@@H](O)[C@H]4O)[C@@H](O)[C@H](O[C@H]4[C@H](OC(=O)[C@]56CCC(C)(C)CC5C5=CC[C@@H]7[C@@]8(C)C[C@H](O)[C@H](O[C@@H]9O[C@H](CO)[C@@H](O)[C@H](O[C@@H]%10O[C@H](CO)[C@@H](O)[C@H](O)[C@H]%10O)[C@H]9O)[C@@](C)(CO)C8[C@H](O)C[C@@]7(C)[C@]5(C)C[C@H]6O)OC[C@H](O)[C@@H]4O)O[C@H]3C)OC[C@H]2O)[C@H](O)[C@H](O)[C@H]1O. The van der Waals surface area contributed by atoms with E-state index in [1.54, 1.807) is 6.92 Å². The van der Waals surface area contributed by atoms with Crippen molar-refractivity contribution in [1.29, 1.82) is 0 Å². The van der Waals surface area contributed by atoms with E-state index in [0.717, 1.165) is 5.57 Å². The van der Waals surface area contributed by atoms with Crippen molar-refractivity contribution in [3.05, 3.63) is 11.6 Å². The first-order valence-electron chi connectivity index (χ1n) is 37.2. The van der Waals surface area contributed by atoms with Gasteiger partial charge < -0.3 is 179 Å². The third kappa shape index (κ3) is 14.4. The van der Waals surface area contributed by atoms with Gasteiger partial charge in [-0.1, -0.05) is 53.2 Å². The number of ether oxygens (including phenoxy) is 14. The molecular formula is C70H114O37. The fraction of sp³-hybridized carbons (Fsp3) is 0.957. The van der Waals surface area contributed by atoms with Crippen molar-refractivity contribution in [2.75, 3.05) is 33.0 Å². The Balaban J connectivity index is 0.791. The summed E-state index contributed by atoms with van der Waals surface area (Å²) < 4.78 is 83.9. The van der Waals surface area contributed by atoms with Gasteiger partial charge in [0.2, 0.25) is 6.29 Å². The van der Waals surface area contributed by atoms with Gasteiger partial charge in [0.05, 0.1) is 75.8 Å². The summed E-state index contributed by atoms with van der Waals surface area (Å²) in [5, 5.41) is 248. The minimum Gasteiger partial charge on any atom is -0.432 e. The Morgan fingerprint density at radius 1 is 0.439 bits per heavy atom. The van der Waals surface area contributed by atoms with Crippen LogP contribution in [0.25, 0.3) is 0 Å².